The van der Waals surface area contributed by atoms with Crippen molar-refractivity contribution in [3.05, 3.63) is 29.1 Å². The van der Waals surface area contributed by atoms with Crippen LogP contribution in [0, 0.1) is 17.1 Å². The molecule has 0 fully saturated rings. The largest absolute Gasteiger partial charge is 0.478 e. The summed E-state index contributed by atoms with van der Waals surface area (Å²) < 4.78 is 12.8. The van der Waals surface area contributed by atoms with Crippen LogP contribution in [0.4, 0.5) is 10.1 Å². The van der Waals surface area contributed by atoms with Crippen molar-refractivity contribution in [2.24, 2.45) is 0 Å². The van der Waals surface area contributed by atoms with Gasteiger partial charge < -0.3 is 10.8 Å². The number of nitrogen functional groups attached to an aromatic ring is 1. The van der Waals surface area contributed by atoms with E-state index in [0.717, 1.165) is 12.1 Å². The Balaban J connectivity index is 3.55. The van der Waals surface area contributed by atoms with Crippen LogP contribution in [0.15, 0.2) is 12.1 Å². The van der Waals surface area contributed by atoms with Crippen LogP contribution < -0.4 is 5.73 Å². The maximum atomic E-state index is 12.8. The average molecular weight is 180 g/mol. The maximum absolute atomic E-state index is 12.8. The van der Waals surface area contributed by atoms with E-state index in [4.69, 9.17) is 16.1 Å². The van der Waals surface area contributed by atoms with Gasteiger partial charge >= 0.3 is 5.97 Å². The van der Waals surface area contributed by atoms with Gasteiger partial charge in [0.25, 0.3) is 0 Å². The van der Waals surface area contributed by atoms with E-state index < -0.39 is 22.9 Å². The van der Waals surface area contributed by atoms with Gasteiger partial charge in [-0.2, -0.15) is 5.26 Å². The highest BCUT2D eigenvalue weighted by atomic mass is 19.1. The number of hydrogen-bond acceptors (Lipinski definition) is 3. The molecule has 0 aliphatic heterocycles. The number of carboxylic acid groups (broad SMARTS) is 1. The Bertz CT molecular complexity index is 409. The summed E-state index contributed by atoms with van der Waals surface area (Å²) in [5, 5.41) is 17.1. The first kappa shape index (κ1) is 9.00. The summed E-state index contributed by atoms with van der Waals surface area (Å²) in [5.41, 5.74) is 4.13. The second-order valence-corrected chi connectivity index (χ2v) is 2.30. The number of halogens is 1. The lowest BCUT2D eigenvalue weighted by Gasteiger charge is -2.02. The number of hydrogen-bond donors (Lipinski definition) is 2. The molecule has 0 amide bonds. The maximum Gasteiger partial charge on any atom is 0.339 e. The highest BCUT2D eigenvalue weighted by molar-refractivity contribution is 5.96. The molecule has 0 aromatic heterocycles. The van der Waals surface area contributed by atoms with Crippen molar-refractivity contribution >= 4 is 11.7 Å². The van der Waals surface area contributed by atoms with E-state index in [0.29, 0.717) is 0 Å². The van der Waals surface area contributed by atoms with E-state index in [1.807, 2.05) is 0 Å². The van der Waals surface area contributed by atoms with Gasteiger partial charge in [0.2, 0.25) is 0 Å². The molecule has 1 aromatic rings. The van der Waals surface area contributed by atoms with Gasteiger partial charge in [-0.05, 0) is 12.1 Å². The van der Waals surface area contributed by atoms with Crippen LogP contribution in [0.3, 0.4) is 0 Å². The first-order valence-electron chi connectivity index (χ1n) is 3.29. The zero-order valence-electron chi connectivity index (χ0n) is 6.41. The molecule has 1 rings (SSSR count). The second kappa shape index (κ2) is 3.11. The van der Waals surface area contributed by atoms with Crippen molar-refractivity contribution in [3.63, 3.8) is 0 Å². The van der Waals surface area contributed by atoms with Gasteiger partial charge in [-0.25, -0.2) is 9.18 Å². The summed E-state index contributed by atoms with van der Waals surface area (Å²) in [6, 6.07) is 3.52. The van der Waals surface area contributed by atoms with E-state index in [1.54, 1.807) is 0 Å². The third kappa shape index (κ3) is 1.42. The molecular weight excluding hydrogens is 175 g/mol. The molecule has 1 aromatic carbocycles. The SMILES string of the molecule is N#Cc1c(F)ccc(N)c1C(=O)O. The first-order valence-corrected chi connectivity index (χ1v) is 3.29. The molecule has 0 heterocycles. The average Bonchev–Trinajstić information content (AvgIpc) is 2.07. The number of rotatable bonds is 1. The zero-order chi connectivity index (χ0) is 10.0. The van der Waals surface area contributed by atoms with Crippen molar-refractivity contribution in [1.29, 1.82) is 5.26 Å². The number of nitrogens with two attached hydrogens (primary N) is 1. The fourth-order valence-electron chi connectivity index (χ4n) is 0.933. The molecule has 0 aliphatic carbocycles. The summed E-state index contributed by atoms with van der Waals surface area (Å²) in [5.74, 6) is -2.29. The molecule has 66 valence electrons. The Labute approximate surface area is 73.0 Å². The van der Waals surface area contributed by atoms with Crippen LogP contribution in [0.2, 0.25) is 0 Å². The minimum absolute atomic E-state index is 0.120. The van der Waals surface area contributed by atoms with Gasteiger partial charge in [-0.3, -0.25) is 0 Å². The Hall–Kier alpha value is -2.09. The third-order valence-electron chi connectivity index (χ3n) is 1.51. The molecule has 0 atom stereocenters. The van der Waals surface area contributed by atoms with Gasteiger partial charge in [0.15, 0.2) is 0 Å². The Morgan fingerprint density at radius 3 is 2.62 bits per heavy atom. The second-order valence-electron chi connectivity index (χ2n) is 2.30. The molecule has 3 N–H and O–H groups in total. The molecule has 0 spiro atoms. The number of carboxylic acids is 1. The van der Waals surface area contributed by atoms with Gasteiger partial charge in [0, 0.05) is 5.69 Å². The fourth-order valence-corrected chi connectivity index (χ4v) is 0.933. The van der Waals surface area contributed by atoms with Gasteiger partial charge in [0.1, 0.15) is 23.0 Å². The van der Waals surface area contributed by atoms with Gasteiger partial charge in [0.05, 0.1) is 0 Å². The molecule has 0 aliphatic rings. The number of aromatic carboxylic acids is 1. The number of carbonyl (C=O) groups is 1. The van der Waals surface area contributed by atoms with Crippen LogP contribution in [-0.4, -0.2) is 11.1 Å². The molecule has 0 saturated carbocycles. The summed E-state index contributed by atoms with van der Waals surface area (Å²) in [6.07, 6.45) is 0. The lowest BCUT2D eigenvalue weighted by Crippen LogP contribution is -2.07. The number of anilines is 1. The normalized spacial score (nSPS) is 9.23. The van der Waals surface area contributed by atoms with E-state index >= 15 is 0 Å². The monoisotopic (exact) mass is 180 g/mol. The van der Waals surface area contributed by atoms with Crippen LogP contribution in [-0.2, 0) is 0 Å². The molecule has 0 bridgehead atoms. The predicted molar refractivity (Wildman–Crippen MR) is 42.5 cm³/mol. The predicted octanol–water partition coefficient (Wildman–Crippen LogP) is 0.978. The van der Waals surface area contributed by atoms with Gasteiger partial charge in [-0.1, -0.05) is 0 Å². The summed E-state index contributed by atoms with van der Waals surface area (Å²) in [7, 11) is 0. The van der Waals surface area contributed by atoms with Crippen LogP contribution in [0.25, 0.3) is 0 Å². The minimum atomic E-state index is -1.41. The summed E-state index contributed by atoms with van der Waals surface area (Å²) in [4.78, 5) is 10.6. The van der Waals surface area contributed by atoms with Crippen molar-refractivity contribution in [2.45, 2.75) is 0 Å². The van der Waals surface area contributed by atoms with Gasteiger partial charge in [-0.15, -0.1) is 0 Å². The lowest BCUT2D eigenvalue weighted by atomic mass is 10.1. The quantitative estimate of drug-likeness (QED) is 0.630. The number of nitrogens with zero attached hydrogens (tertiary/aromatic N) is 1. The lowest BCUT2D eigenvalue weighted by molar-refractivity contribution is 0.0697. The smallest absolute Gasteiger partial charge is 0.339 e. The molecule has 13 heavy (non-hydrogen) atoms. The van der Waals surface area contributed by atoms with E-state index in [-0.39, 0.29) is 5.69 Å². The summed E-state index contributed by atoms with van der Waals surface area (Å²) >= 11 is 0. The zero-order valence-corrected chi connectivity index (χ0v) is 6.41. The fraction of sp³-hybridized carbons (Fsp3) is 0. The Morgan fingerprint density at radius 1 is 1.62 bits per heavy atom. The number of nitriles is 1. The van der Waals surface area contributed by atoms with Crippen molar-refractivity contribution < 1.29 is 14.3 Å². The first-order chi connectivity index (χ1) is 6.07. The molecular formula is C8H5FN2O2. The Morgan fingerprint density at radius 2 is 2.23 bits per heavy atom. The summed E-state index contributed by atoms with van der Waals surface area (Å²) in [6.45, 7) is 0. The topological polar surface area (TPSA) is 87.1 Å². The highest BCUT2D eigenvalue weighted by Gasteiger charge is 2.17. The molecule has 4 nitrogen and oxygen atoms in total. The minimum Gasteiger partial charge on any atom is -0.478 e. The molecule has 0 saturated heterocycles. The van der Waals surface area contributed by atoms with Crippen molar-refractivity contribution in [3.8, 4) is 6.07 Å². The standard InChI is InChI=1S/C8H5FN2O2/c9-5-1-2-6(11)7(8(12)13)4(5)3-10/h1-2H,11H2,(H,12,13). The molecule has 0 radical (unpaired) electrons. The highest BCUT2D eigenvalue weighted by Crippen LogP contribution is 2.19. The van der Waals surface area contributed by atoms with Crippen molar-refractivity contribution in [1.82, 2.24) is 0 Å². The molecule has 0 unspecified atom stereocenters. The third-order valence-corrected chi connectivity index (χ3v) is 1.51. The van der Waals surface area contributed by atoms with E-state index in [9.17, 15) is 9.18 Å². The Kier molecular flexibility index (Phi) is 2.15. The van der Waals surface area contributed by atoms with E-state index in [1.165, 1.54) is 6.07 Å². The van der Waals surface area contributed by atoms with Crippen molar-refractivity contribution in [2.75, 3.05) is 5.73 Å². The molecule has 5 heteroatoms. The van der Waals surface area contributed by atoms with E-state index in [2.05, 4.69) is 0 Å². The van der Waals surface area contributed by atoms with Crippen LogP contribution >= 0.6 is 0 Å². The van der Waals surface area contributed by atoms with Crippen LogP contribution in [0.5, 0.6) is 0 Å². The number of benzene rings is 1. The van der Waals surface area contributed by atoms with Crippen LogP contribution in [0.1, 0.15) is 15.9 Å².